The molecule has 0 radical (unpaired) electrons. The maximum Gasteiger partial charge on any atom is 0.242 e. The summed E-state index contributed by atoms with van der Waals surface area (Å²) in [6.07, 6.45) is 0. The average Bonchev–Trinajstić information content (AvgIpc) is 2.48. The first-order chi connectivity index (χ1) is 9.63. The van der Waals surface area contributed by atoms with Crippen molar-refractivity contribution in [2.24, 2.45) is 0 Å². The number of hydrogen-bond donors (Lipinski definition) is 0. The van der Waals surface area contributed by atoms with Gasteiger partial charge in [-0.25, -0.2) is 0 Å². The van der Waals surface area contributed by atoms with Crippen LogP contribution in [-0.4, -0.2) is 11.8 Å². The summed E-state index contributed by atoms with van der Waals surface area (Å²) in [5, 5.41) is 0. The van der Waals surface area contributed by atoms with Crippen LogP contribution in [0.5, 0.6) is 0 Å². The molecule has 0 atom stereocenters. The number of rotatable bonds is 4. The van der Waals surface area contributed by atoms with Gasteiger partial charge < -0.3 is 4.90 Å². The highest BCUT2D eigenvalue weighted by molar-refractivity contribution is 6.29. The molecule has 104 valence electrons. The van der Waals surface area contributed by atoms with Crippen LogP contribution in [0.25, 0.3) is 0 Å². The second-order valence-electron chi connectivity index (χ2n) is 4.82. The van der Waals surface area contributed by atoms with E-state index in [0.29, 0.717) is 6.54 Å². The predicted octanol–water partition coefficient (Wildman–Crippen LogP) is 4.08. The van der Waals surface area contributed by atoms with Gasteiger partial charge in [-0.3, -0.25) is 4.79 Å². The smallest absolute Gasteiger partial charge is 0.242 e. The Balaban J connectivity index is 2.38. The SMILES string of the molecule is Cc1cccc(N(Cc2ccccc2)C(=O)CCl)c1C. The summed E-state index contributed by atoms with van der Waals surface area (Å²) < 4.78 is 0. The lowest BCUT2D eigenvalue weighted by Crippen LogP contribution is -2.32. The van der Waals surface area contributed by atoms with Gasteiger partial charge in [0.1, 0.15) is 5.88 Å². The van der Waals surface area contributed by atoms with Gasteiger partial charge in [-0.15, -0.1) is 11.6 Å². The molecule has 0 spiro atoms. The van der Waals surface area contributed by atoms with Crippen molar-refractivity contribution in [2.75, 3.05) is 10.8 Å². The number of halogens is 1. The minimum Gasteiger partial charge on any atom is -0.307 e. The van der Waals surface area contributed by atoms with Gasteiger partial charge in [0.05, 0.1) is 6.54 Å². The number of amides is 1. The third-order valence-electron chi connectivity index (χ3n) is 3.47. The van der Waals surface area contributed by atoms with Crippen LogP contribution < -0.4 is 4.90 Å². The second-order valence-corrected chi connectivity index (χ2v) is 5.09. The molecule has 2 aromatic carbocycles. The van der Waals surface area contributed by atoms with Crippen LogP contribution in [0.4, 0.5) is 5.69 Å². The molecular weight excluding hydrogens is 270 g/mol. The van der Waals surface area contributed by atoms with Crippen molar-refractivity contribution in [3.63, 3.8) is 0 Å². The molecule has 0 fully saturated rings. The molecule has 1 amide bonds. The molecule has 0 aliphatic carbocycles. The Morgan fingerprint density at radius 3 is 2.40 bits per heavy atom. The average molecular weight is 288 g/mol. The lowest BCUT2D eigenvalue weighted by atomic mass is 10.1. The fourth-order valence-electron chi connectivity index (χ4n) is 2.17. The van der Waals surface area contributed by atoms with E-state index in [-0.39, 0.29) is 11.8 Å². The summed E-state index contributed by atoms with van der Waals surface area (Å²) in [5.41, 5.74) is 4.30. The largest absolute Gasteiger partial charge is 0.307 e. The predicted molar refractivity (Wildman–Crippen MR) is 84.3 cm³/mol. The summed E-state index contributed by atoms with van der Waals surface area (Å²) in [5.74, 6) is -0.0931. The van der Waals surface area contributed by atoms with Crippen molar-refractivity contribution in [3.05, 3.63) is 65.2 Å². The maximum atomic E-state index is 12.2. The zero-order valence-corrected chi connectivity index (χ0v) is 12.5. The third-order valence-corrected chi connectivity index (χ3v) is 3.69. The maximum absolute atomic E-state index is 12.2. The van der Waals surface area contributed by atoms with Crippen LogP contribution in [0.3, 0.4) is 0 Å². The van der Waals surface area contributed by atoms with Gasteiger partial charge in [-0.1, -0.05) is 42.5 Å². The number of anilines is 1. The Hall–Kier alpha value is -1.80. The molecule has 0 saturated carbocycles. The Morgan fingerprint density at radius 1 is 1.05 bits per heavy atom. The quantitative estimate of drug-likeness (QED) is 0.776. The van der Waals surface area contributed by atoms with Crippen molar-refractivity contribution in [3.8, 4) is 0 Å². The van der Waals surface area contributed by atoms with Gasteiger partial charge in [0.2, 0.25) is 5.91 Å². The Morgan fingerprint density at radius 2 is 1.75 bits per heavy atom. The second kappa shape index (κ2) is 6.58. The van der Waals surface area contributed by atoms with E-state index < -0.39 is 0 Å². The third kappa shape index (κ3) is 3.20. The van der Waals surface area contributed by atoms with Gasteiger partial charge in [-0.2, -0.15) is 0 Å². The Labute approximate surface area is 125 Å². The zero-order chi connectivity index (χ0) is 14.5. The van der Waals surface area contributed by atoms with Crippen molar-refractivity contribution in [2.45, 2.75) is 20.4 Å². The van der Waals surface area contributed by atoms with Gasteiger partial charge in [0.15, 0.2) is 0 Å². The number of alkyl halides is 1. The first-order valence-corrected chi connectivity index (χ1v) is 7.13. The standard InChI is InChI=1S/C17H18ClNO/c1-13-7-6-10-16(14(13)2)19(17(20)11-18)12-15-8-4-3-5-9-15/h3-10H,11-12H2,1-2H3. The van der Waals surface area contributed by atoms with Crippen LogP contribution in [-0.2, 0) is 11.3 Å². The van der Waals surface area contributed by atoms with Crippen LogP contribution in [0.15, 0.2) is 48.5 Å². The highest BCUT2D eigenvalue weighted by Gasteiger charge is 2.17. The molecule has 2 aromatic rings. The van der Waals surface area contributed by atoms with Gasteiger partial charge in [-0.05, 0) is 36.6 Å². The first-order valence-electron chi connectivity index (χ1n) is 6.60. The summed E-state index contributed by atoms with van der Waals surface area (Å²) in [7, 11) is 0. The topological polar surface area (TPSA) is 20.3 Å². The highest BCUT2D eigenvalue weighted by Crippen LogP contribution is 2.25. The number of nitrogens with zero attached hydrogens (tertiary/aromatic N) is 1. The lowest BCUT2D eigenvalue weighted by molar-refractivity contribution is -0.116. The molecule has 0 unspecified atom stereocenters. The molecule has 0 aliphatic heterocycles. The van der Waals surface area contributed by atoms with E-state index in [0.717, 1.165) is 16.8 Å². The molecule has 2 rings (SSSR count). The molecule has 0 aromatic heterocycles. The van der Waals surface area contributed by atoms with E-state index >= 15 is 0 Å². The van der Waals surface area contributed by atoms with Crippen LogP contribution in [0.1, 0.15) is 16.7 Å². The molecular formula is C17H18ClNO. The summed E-state index contributed by atoms with van der Waals surface area (Å²) in [4.78, 5) is 13.9. The minimum atomic E-state index is -0.0794. The summed E-state index contributed by atoms with van der Waals surface area (Å²) in [6.45, 7) is 4.62. The molecule has 0 aliphatic rings. The number of hydrogen-bond acceptors (Lipinski definition) is 1. The van der Waals surface area contributed by atoms with E-state index in [1.165, 1.54) is 5.56 Å². The van der Waals surface area contributed by atoms with Crippen LogP contribution in [0.2, 0.25) is 0 Å². The van der Waals surface area contributed by atoms with Crippen LogP contribution in [0, 0.1) is 13.8 Å². The molecule has 0 heterocycles. The molecule has 0 N–H and O–H groups in total. The molecule has 20 heavy (non-hydrogen) atoms. The minimum absolute atomic E-state index is 0.0137. The molecule has 0 bridgehead atoms. The summed E-state index contributed by atoms with van der Waals surface area (Å²) in [6, 6.07) is 15.9. The van der Waals surface area contributed by atoms with Crippen molar-refractivity contribution in [1.29, 1.82) is 0 Å². The monoisotopic (exact) mass is 287 g/mol. The molecule has 2 nitrogen and oxygen atoms in total. The number of aryl methyl sites for hydroxylation is 1. The summed E-state index contributed by atoms with van der Waals surface area (Å²) >= 11 is 5.76. The van der Waals surface area contributed by atoms with Crippen molar-refractivity contribution >= 4 is 23.2 Å². The number of carbonyl (C=O) groups excluding carboxylic acids is 1. The normalized spacial score (nSPS) is 10.3. The van der Waals surface area contributed by atoms with E-state index in [2.05, 4.69) is 0 Å². The first kappa shape index (κ1) is 14.6. The van der Waals surface area contributed by atoms with Gasteiger partial charge >= 0.3 is 0 Å². The Kier molecular flexibility index (Phi) is 4.80. The van der Waals surface area contributed by atoms with E-state index in [1.807, 2.05) is 62.4 Å². The van der Waals surface area contributed by atoms with E-state index in [4.69, 9.17) is 11.6 Å². The Bertz CT molecular complexity index is 595. The highest BCUT2D eigenvalue weighted by atomic mass is 35.5. The van der Waals surface area contributed by atoms with Crippen molar-refractivity contribution < 1.29 is 4.79 Å². The lowest BCUT2D eigenvalue weighted by Gasteiger charge is -2.24. The van der Waals surface area contributed by atoms with Crippen molar-refractivity contribution in [1.82, 2.24) is 0 Å². The van der Waals surface area contributed by atoms with E-state index in [9.17, 15) is 4.79 Å². The molecule has 3 heteroatoms. The van der Waals surface area contributed by atoms with E-state index in [1.54, 1.807) is 4.90 Å². The zero-order valence-electron chi connectivity index (χ0n) is 11.8. The fraction of sp³-hybridized carbons (Fsp3) is 0.235. The number of benzene rings is 2. The fourth-order valence-corrected chi connectivity index (χ4v) is 2.32. The molecule has 0 saturated heterocycles. The van der Waals surface area contributed by atoms with Crippen LogP contribution >= 0.6 is 11.6 Å². The van der Waals surface area contributed by atoms with Gasteiger partial charge in [0.25, 0.3) is 0 Å². The van der Waals surface area contributed by atoms with Gasteiger partial charge in [0, 0.05) is 5.69 Å². The number of carbonyl (C=O) groups is 1.